The van der Waals surface area contributed by atoms with E-state index in [4.69, 9.17) is 10.3 Å². The van der Waals surface area contributed by atoms with E-state index in [1.165, 1.54) is 83.5 Å². The summed E-state index contributed by atoms with van der Waals surface area (Å²) in [6.07, 6.45) is 21.1. The van der Waals surface area contributed by atoms with E-state index in [2.05, 4.69) is 6.92 Å². The molecule has 1 atom stereocenters. The molecule has 0 saturated heterocycles. The first-order chi connectivity index (χ1) is 11.7. The third-order valence-corrected chi connectivity index (χ3v) is 7.55. The topological polar surface area (TPSA) is 52.3 Å². The fourth-order valence-electron chi connectivity index (χ4n) is 3.17. The highest BCUT2D eigenvalue weighted by Gasteiger charge is 2.19. The van der Waals surface area contributed by atoms with Crippen molar-refractivity contribution in [3.05, 3.63) is 0 Å². The van der Waals surface area contributed by atoms with Crippen molar-refractivity contribution in [3.63, 3.8) is 0 Å². The van der Waals surface area contributed by atoms with Crippen LogP contribution in [0.5, 0.6) is 0 Å². The first-order valence-corrected chi connectivity index (χ1v) is 12.5. The maximum absolute atomic E-state index is 12.4. The van der Waals surface area contributed by atoms with E-state index in [1.807, 2.05) is 0 Å². The summed E-state index contributed by atoms with van der Waals surface area (Å²) in [7, 11) is -0.797. The van der Waals surface area contributed by atoms with Crippen molar-refractivity contribution in [3.8, 4) is 0 Å². The smallest absolute Gasteiger partial charge is 0.202 e. The largest absolute Gasteiger partial charge is 0.332 e. The highest BCUT2D eigenvalue weighted by molar-refractivity contribution is 7.58. The minimum absolute atomic E-state index is 0.603. The normalized spacial score (nSPS) is 14.0. The molecule has 0 radical (unpaired) electrons. The Hall–Kier alpha value is 0.150. The molecule has 0 aliphatic rings. The van der Waals surface area contributed by atoms with Gasteiger partial charge in [0.1, 0.15) is 0 Å². The molecule has 0 rings (SSSR count). The molecular weight excluding hydrogens is 317 g/mol. The predicted molar refractivity (Wildman–Crippen MR) is 108 cm³/mol. The van der Waals surface area contributed by atoms with Gasteiger partial charge in [0.2, 0.25) is 7.37 Å². The van der Waals surface area contributed by atoms with Crippen molar-refractivity contribution in [2.45, 2.75) is 103 Å². The van der Waals surface area contributed by atoms with Crippen LogP contribution in [0.25, 0.3) is 0 Å². The molecule has 4 heteroatoms. The van der Waals surface area contributed by atoms with E-state index in [0.717, 1.165) is 19.0 Å². The van der Waals surface area contributed by atoms with Gasteiger partial charge in [-0.3, -0.25) is 4.57 Å². The molecule has 3 nitrogen and oxygen atoms in total. The summed E-state index contributed by atoms with van der Waals surface area (Å²) in [6, 6.07) is 0. The van der Waals surface area contributed by atoms with Crippen LogP contribution in [0, 0.1) is 0 Å². The summed E-state index contributed by atoms with van der Waals surface area (Å²) < 4.78 is 17.6. The zero-order valence-electron chi connectivity index (χ0n) is 16.6. The minimum Gasteiger partial charge on any atom is -0.332 e. The van der Waals surface area contributed by atoms with E-state index in [0.29, 0.717) is 12.7 Å². The Balaban J connectivity index is 3.29. The molecule has 0 heterocycles. The fraction of sp³-hybridized carbons (Fsp3) is 1.00. The molecule has 2 N–H and O–H groups in total. The lowest BCUT2D eigenvalue weighted by molar-refractivity contribution is 0.390. The van der Waals surface area contributed by atoms with Gasteiger partial charge in [-0.25, -0.2) is 0 Å². The molecule has 0 aromatic rings. The van der Waals surface area contributed by atoms with Crippen LogP contribution >= 0.6 is 7.37 Å². The predicted octanol–water partition coefficient (Wildman–Crippen LogP) is 6.74. The third kappa shape index (κ3) is 15.7. The van der Waals surface area contributed by atoms with Crippen molar-refractivity contribution in [2.75, 3.05) is 26.0 Å². The fourth-order valence-corrected chi connectivity index (χ4v) is 5.13. The van der Waals surface area contributed by atoms with Crippen molar-refractivity contribution in [2.24, 2.45) is 5.73 Å². The molecule has 0 bridgehead atoms. The Bertz CT molecular complexity index is 297. The molecule has 0 fully saturated rings. The van der Waals surface area contributed by atoms with Crippen LogP contribution in [0.1, 0.15) is 103 Å². The van der Waals surface area contributed by atoms with Gasteiger partial charge in [-0.05, 0) is 19.4 Å². The lowest BCUT2D eigenvalue weighted by Crippen LogP contribution is -2.05. The van der Waals surface area contributed by atoms with Gasteiger partial charge in [-0.15, -0.1) is 0 Å². The summed E-state index contributed by atoms with van der Waals surface area (Å²) in [5.41, 5.74) is 5.49. The molecule has 0 aromatic carbocycles. The third-order valence-electron chi connectivity index (χ3n) is 4.89. The van der Waals surface area contributed by atoms with Crippen LogP contribution in [-0.2, 0) is 9.09 Å². The average molecular weight is 362 g/mol. The van der Waals surface area contributed by atoms with Gasteiger partial charge < -0.3 is 10.3 Å². The van der Waals surface area contributed by atoms with Crippen LogP contribution in [-0.4, -0.2) is 26.0 Å². The second-order valence-corrected chi connectivity index (χ2v) is 10.1. The highest BCUT2D eigenvalue weighted by Crippen LogP contribution is 2.47. The minimum atomic E-state index is -2.38. The molecule has 0 saturated carbocycles. The molecular formula is C20H44NO2P. The number of unbranched alkanes of at least 4 members (excludes halogenated alkanes) is 13. The van der Waals surface area contributed by atoms with E-state index in [1.54, 1.807) is 7.11 Å². The molecule has 0 aromatic heterocycles. The second kappa shape index (κ2) is 18.0. The average Bonchev–Trinajstić information content (AvgIpc) is 2.60. The van der Waals surface area contributed by atoms with Gasteiger partial charge in [-0.1, -0.05) is 90.4 Å². The molecule has 1 unspecified atom stereocenters. The summed E-state index contributed by atoms with van der Waals surface area (Å²) in [5.74, 6) is 0. The van der Waals surface area contributed by atoms with Crippen LogP contribution in [0.3, 0.4) is 0 Å². The molecule has 0 amide bonds. The first kappa shape index (κ1) is 24.1. The van der Waals surface area contributed by atoms with Crippen LogP contribution in [0.15, 0.2) is 0 Å². The van der Waals surface area contributed by atoms with Crippen LogP contribution in [0.2, 0.25) is 0 Å². The van der Waals surface area contributed by atoms with Gasteiger partial charge >= 0.3 is 0 Å². The van der Waals surface area contributed by atoms with E-state index >= 15 is 0 Å². The molecule has 24 heavy (non-hydrogen) atoms. The Morgan fingerprint density at radius 3 is 1.42 bits per heavy atom. The quantitative estimate of drug-likeness (QED) is 0.205. The molecule has 0 aliphatic carbocycles. The Morgan fingerprint density at radius 1 is 0.667 bits per heavy atom. The summed E-state index contributed by atoms with van der Waals surface area (Å²) in [5, 5.41) is 0. The lowest BCUT2D eigenvalue weighted by atomic mass is 10.0. The maximum atomic E-state index is 12.4. The summed E-state index contributed by atoms with van der Waals surface area (Å²) in [6.45, 7) is 2.88. The summed E-state index contributed by atoms with van der Waals surface area (Å²) >= 11 is 0. The van der Waals surface area contributed by atoms with Crippen molar-refractivity contribution >= 4 is 7.37 Å². The number of nitrogens with two attached hydrogens (primary N) is 1. The zero-order valence-corrected chi connectivity index (χ0v) is 17.5. The Kier molecular flexibility index (Phi) is 18.1. The SMILES string of the molecule is CCCCCCCCCCCCCCCCP(=O)(CCCN)OC. The van der Waals surface area contributed by atoms with Crippen molar-refractivity contribution < 1.29 is 9.09 Å². The second-order valence-electron chi connectivity index (χ2n) is 7.18. The van der Waals surface area contributed by atoms with Crippen molar-refractivity contribution in [1.82, 2.24) is 0 Å². The maximum Gasteiger partial charge on any atom is 0.202 e. The number of rotatable bonds is 19. The highest BCUT2D eigenvalue weighted by atomic mass is 31.2. The first-order valence-electron chi connectivity index (χ1n) is 10.5. The number of hydrogen-bond donors (Lipinski definition) is 1. The van der Waals surface area contributed by atoms with Gasteiger partial charge in [-0.2, -0.15) is 0 Å². The van der Waals surface area contributed by atoms with Crippen molar-refractivity contribution in [1.29, 1.82) is 0 Å². The Morgan fingerprint density at radius 2 is 1.04 bits per heavy atom. The number of hydrogen-bond acceptors (Lipinski definition) is 3. The molecule has 0 spiro atoms. The molecule has 146 valence electrons. The lowest BCUT2D eigenvalue weighted by Gasteiger charge is -2.15. The standard InChI is InChI=1S/C20H44NO2P/c1-3-4-5-6-7-8-9-10-11-12-13-14-15-16-19-24(22,23-2)20-17-18-21/h3-21H2,1-2H3. The van der Waals surface area contributed by atoms with E-state index in [9.17, 15) is 4.57 Å². The van der Waals surface area contributed by atoms with Gasteiger partial charge in [0.05, 0.1) is 0 Å². The monoisotopic (exact) mass is 361 g/mol. The summed E-state index contributed by atoms with van der Waals surface area (Å²) in [4.78, 5) is 0. The van der Waals surface area contributed by atoms with Gasteiger partial charge in [0.25, 0.3) is 0 Å². The van der Waals surface area contributed by atoms with E-state index in [-0.39, 0.29) is 0 Å². The van der Waals surface area contributed by atoms with Crippen LogP contribution in [0.4, 0.5) is 0 Å². The molecule has 0 aliphatic heterocycles. The zero-order chi connectivity index (χ0) is 17.9. The van der Waals surface area contributed by atoms with Gasteiger partial charge in [0, 0.05) is 19.4 Å². The van der Waals surface area contributed by atoms with E-state index < -0.39 is 7.37 Å². The van der Waals surface area contributed by atoms with Crippen LogP contribution < -0.4 is 5.73 Å². The Labute approximate surface area is 152 Å². The van der Waals surface area contributed by atoms with Gasteiger partial charge in [0.15, 0.2) is 0 Å².